The van der Waals surface area contributed by atoms with Gasteiger partial charge in [0, 0.05) is 31.0 Å². The summed E-state index contributed by atoms with van der Waals surface area (Å²) in [6, 6.07) is 10.5. The zero-order valence-electron chi connectivity index (χ0n) is 14.8. The van der Waals surface area contributed by atoms with E-state index >= 15 is 0 Å². The van der Waals surface area contributed by atoms with Crippen molar-refractivity contribution < 1.29 is 4.79 Å². The summed E-state index contributed by atoms with van der Waals surface area (Å²) in [5.74, 6) is 1.02. The molecule has 2 aliphatic rings. The highest BCUT2D eigenvalue weighted by Crippen LogP contribution is 2.33. The van der Waals surface area contributed by atoms with Gasteiger partial charge in [-0.2, -0.15) is 5.10 Å². The maximum Gasteiger partial charge on any atom is 0.227 e. The van der Waals surface area contributed by atoms with Crippen LogP contribution in [0.1, 0.15) is 56.6 Å². The molecule has 2 heterocycles. The monoisotopic (exact) mass is 337 g/mol. The van der Waals surface area contributed by atoms with Gasteiger partial charge in [-0.1, -0.05) is 50.3 Å². The lowest BCUT2D eigenvalue weighted by atomic mass is 9.86. The summed E-state index contributed by atoms with van der Waals surface area (Å²) in [6.07, 6.45) is 13.1. The van der Waals surface area contributed by atoms with Crippen LogP contribution in [0.3, 0.4) is 0 Å². The molecule has 1 unspecified atom stereocenters. The second-order valence-electron chi connectivity index (χ2n) is 7.52. The Bertz CT molecular complexity index is 704. The molecule has 1 aliphatic carbocycles. The maximum absolute atomic E-state index is 13.0. The van der Waals surface area contributed by atoms with E-state index in [-0.39, 0.29) is 11.9 Å². The molecular weight excluding hydrogens is 310 g/mol. The Labute approximate surface area is 149 Å². The number of rotatable bonds is 4. The third-order valence-corrected chi connectivity index (χ3v) is 5.82. The number of para-hydroxylation sites is 1. The van der Waals surface area contributed by atoms with Crippen molar-refractivity contribution in [3.05, 3.63) is 48.3 Å². The number of hydrogen-bond acceptors (Lipinski definition) is 2. The minimum absolute atomic E-state index is 0.225. The standard InChI is InChI=1S/C21H27N3O/c25-21(12-11-17-7-2-1-3-8-17)23-16-19(24-14-6-13-22-24)15-18-9-4-5-10-20(18)23/h4-6,9-10,13-14,17,19H,1-3,7-8,11-12,15-16H2. The van der Waals surface area contributed by atoms with Crippen LogP contribution < -0.4 is 4.90 Å². The number of fused-ring (bicyclic) bond motifs is 1. The van der Waals surface area contributed by atoms with Crippen LogP contribution in [-0.4, -0.2) is 22.2 Å². The number of carbonyl (C=O) groups is 1. The molecule has 0 radical (unpaired) electrons. The smallest absolute Gasteiger partial charge is 0.227 e. The Morgan fingerprint density at radius 3 is 2.76 bits per heavy atom. The lowest BCUT2D eigenvalue weighted by molar-refractivity contribution is -0.119. The molecule has 1 saturated carbocycles. The largest absolute Gasteiger partial charge is 0.310 e. The number of aromatic nitrogens is 2. The second kappa shape index (κ2) is 7.42. The molecule has 2 aromatic rings. The van der Waals surface area contributed by atoms with Gasteiger partial charge in [-0.15, -0.1) is 0 Å². The molecule has 25 heavy (non-hydrogen) atoms. The molecule has 132 valence electrons. The summed E-state index contributed by atoms with van der Waals surface area (Å²) in [7, 11) is 0. The second-order valence-corrected chi connectivity index (χ2v) is 7.52. The number of benzene rings is 1. The van der Waals surface area contributed by atoms with Gasteiger partial charge in [-0.3, -0.25) is 9.48 Å². The Hall–Kier alpha value is -2.10. The van der Waals surface area contributed by atoms with Crippen molar-refractivity contribution in [2.75, 3.05) is 11.4 Å². The lowest BCUT2D eigenvalue weighted by Gasteiger charge is -2.35. The van der Waals surface area contributed by atoms with Gasteiger partial charge in [0.1, 0.15) is 0 Å². The van der Waals surface area contributed by atoms with E-state index in [1.165, 1.54) is 37.7 Å². The molecule has 1 aliphatic heterocycles. The van der Waals surface area contributed by atoms with Crippen LogP contribution in [0.2, 0.25) is 0 Å². The third kappa shape index (κ3) is 3.63. The fraction of sp³-hybridized carbons (Fsp3) is 0.524. The highest BCUT2D eigenvalue weighted by atomic mass is 16.2. The van der Waals surface area contributed by atoms with Crippen LogP contribution in [0.4, 0.5) is 5.69 Å². The van der Waals surface area contributed by atoms with Gasteiger partial charge < -0.3 is 4.90 Å². The van der Waals surface area contributed by atoms with E-state index in [1.54, 1.807) is 0 Å². The molecular formula is C21H27N3O. The van der Waals surface area contributed by atoms with E-state index in [1.807, 2.05) is 34.1 Å². The predicted molar refractivity (Wildman–Crippen MR) is 99.6 cm³/mol. The Morgan fingerprint density at radius 1 is 1.12 bits per heavy atom. The first-order valence-electron chi connectivity index (χ1n) is 9.68. The van der Waals surface area contributed by atoms with Crippen LogP contribution in [0.5, 0.6) is 0 Å². The number of carbonyl (C=O) groups excluding carboxylic acids is 1. The summed E-state index contributed by atoms with van der Waals surface area (Å²) in [5, 5.41) is 4.40. The van der Waals surface area contributed by atoms with E-state index in [0.29, 0.717) is 6.42 Å². The van der Waals surface area contributed by atoms with Gasteiger partial charge in [0.15, 0.2) is 0 Å². The number of hydrogen-bond donors (Lipinski definition) is 0. The van der Waals surface area contributed by atoms with Crippen molar-refractivity contribution in [1.29, 1.82) is 0 Å². The predicted octanol–water partition coefficient (Wildman–Crippen LogP) is 4.37. The maximum atomic E-state index is 13.0. The van der Waals surface area contributed by atoms with Crippen molar-refractivity contribution >= 4 is 11.6 Å². The summed E-state index contributed by atoms with van der Waals surface area (Å²) in [5.41, 5.74) is 2.35. The minimum atomic E-state index is 0.225. The molecule has 1 fully saturated rings. The van der Waals surface area contributed by atoms with Crippen LogP contribution in [0.15, 0.2) is 42.7 Å². The van der Waals surface area contributed by atoms with Gasteiger partial charge >= 0.3 is 0 Å². The van der Waals surface area contributed by atoms with Crippen LogP contribution in [0, 0.1) is 5.92 Å². The third-order valence-electron chi connectivity index (χ3n) is 5.82. The fourth-order valence-electron chi connectivity index (χ4n) is 4.42. The van der Waals surface area contributed by atoms with Gasteiger partial charge in [0.2, 0.25) is 5.91 Å². The summed E-state index contributed by atoms with van der Waals surface area (Å²) in [4.78, 5) is 15.0. The molecule has 0 spiro atoms. The summed E-state index contributed by atoms with van der Waals surface area (Å²) in [6.45, 7) is 0.724. The van der Waals surface area contributed by atoms with E-state index in [2.05, 4.69) is 23.3 Å². The molecule has 1 aromatic carbocycles. The van der Waals surface area contributed by atoms with Gasteiger partial charge in [0.05, 0.1) is 6.04 Å². The minimum Gasteiger partial charge on any atom is -0.310 e. The van der Waals surface area contributed by atoms with Crippen molar-refractivity contribution in [2.24, 2.45) is 5.92 Å². The molecule has 0 N–H and O–H groups in total. The first kappa shape index (κ1) is 16.4. The number of anilines is 1. The highest BCUT2D eigenvalue weighted by Gasteiger charge is 2.29. The topological polar surface area (TPSA) is 38.1 Å². The van der Waals surface area contributed by atoms with Gasteiger partial charge in [-0.25, -0.2) is 0 Å². The molecule has 1 atom stereocenters. The molecule has 0 saturated heterocycles. The fourth-order valence-corrected chi connectivity index (χ4v) is 4.42. The number of nitrogens with zero attached hydrogens (tertiary/aromatic N) is 3. The van der Waals surface area contributed by atoms with Crippen molar-refractivity contribution in [3.63, 3.8) is 0 Å². The average Bonchev–Trinajstić information content (AvgIpc) is 3.21. The molecule has 4 heteroatoms. The number of amides is 1. The van der Waals surface area contributed by atoms with E-state index < -0.39 is 0 Å². The van der Waals surface area contributed by atoms with Crippen molar-refractivity contribution in [2.45, 2.75) is 57.4 Å². The first-order chi connectivity index (χ1) is 12.3. The zero-order valence-corrected chi connectivity index (χ0v) is 14.8. The molecule has 4 rings (SSSR count). The summed E-state index contributed by atoms with van der Waals surface area (Å²) < 4.78 is 2.00. The van der Waals surface area contributed by atoms with Gasteiger partial charge in [-0.05, 0) is 36.5 Å². The SMILES string of the molecule is O=C(CCC1CCCCC1)N1CC(n2cccn2)Cc2ccccc21. The molecule has 4 nitrogen and oxygen atoms in total. The molecule has 1 amide bonds. The normalized spacial score (nSPS) is 21.1. The van der Waals surface area contributed by atoms with Crippen LogP contribution in [-0.2, 0) is 11.2 Å². The quantitative estimate of drug-likeness (QED) is 0.830. The van der Waals surface area contributed by atoms with Gasteiger partial charge in [0.25, 0.3) is 0 Å². The van der Waals surface area contributed by atoms with E-state index in [4.69, 9.17) is 0 Å². The van der Waals surface area contributed by atoms with Crippen molar-refractivity contribution in [1.82, 2.24) is 9.78 Å². The zero-order chi connectivity index (χ0) is 17.1. The van der Waals surface area contributed by atoms with Crippen molar-refractivity contribution in [3.8, 4) is 0 Å². The average molecular weight is 337 g/mol. The van der Waals surface area contributed by atoms with E-state index in [0.717, 1.165) is 31.0 Å². The Kier molecular flexibility index (Phi) is 4.86. The summed E-state index contributed by atoms with van der Waals surface area (Å²) >= 11 is 0. The van der Waals surface area contributed by atoms with E-state index in [9.17, 15) is 4.79 Å². The van der Waals surface area contributed by atoms with Crippen LogP contribution in [0.25, 0.3) is 0 Å². The first-order valence-corrected chi connectivity index (χ1v) is 9.68. The highest BCUT2D eigenvalue weighted by molar-refractivity contribution is 5.94. The molecule has 0 bridgehead atoms. The Morgan fingerprint density at radius 2 is 1.96 bits per heavy atom. The lowest BCUT2D eigenvalue weighted by Crippen LogP contribution is -2.41. The van der Waals surface area contributed by atoms with Crippen LogP contribution >= 0.6 is 0 Å². The Balaban J connectivity index is 1.49. The molecule has 1 aromatic heterocycles.